The van der Waals surface area contributed by atoms with Crippen molar-refractivity contribution < 1.29 is 13.3 Å². The van der Waals surface area contributed by atoms with E-state index < -0.39 is 14.8 Å². The van der Waals surface area contributed by atoms with Gasteiger partial charge in [0.1, 0.15) is 10.6 Å². The van der Waals surface area contributed by atoms with Crippen LogP contribution in [0.3, 0.4) is 0 Å². The lowest BCUT2D eigenvalue weighted by atomic mass is 10.2. The molecule has 2 aromatic rings. The van der Waals surface area contributed by atoms with E-state index in [0.717, 1.165) is 32.3 Å². The molecule has 0 N–H and O–H groups in total. The van der Waals surface area contributed by atoms with Crippen molar-refractivity contribution in [1.29, 1.82) is 0 Å². The Morgan fingerprint density at radius 2 is 1.78 bits per heavy atom. The minimum atomic E-state index is -3.67. The number of piperazine rings is 1. The number of nitro benzene ring substituents is 1. The molecule has 0 atom stereocenters. The highest BCUT2D eigenvalue weighted by Gasteiger charge is 2.30. The molecule has 1 aromatic carbocycles. The first-order valence-electron chi connectivity index (χ1n) is 8.82. The fourth-order valence-electron chi connectivity index (χ4n) is 3.31. The van der Waals surface area contributed by atoms with Crippen LogP contribution in [0.25, 0.3) is 0 Å². The smallest absolute Gasteiger partial charge is 0.311 e. The van der Waals surface area contributed by atoms with E-state index in [-0.39, 0.29) is 10.6 Å². The number of sulfone groups is 1. The molecule has 2 heterocycles. The third-order valence-electron chi connectivity index (χ3n) is 4.72. The van der Waals surface area contributed by atoms with Crippen LogP contribution in [0.4, 0.5) is 11.4 Å². The van der Waals surface area contributed by atoms with E-state index in [4.69, 9.17) is 0 Å². The molecule has 1 aromatic heterocycles. The Bertz CT molecular complexity index is 932. The topological polar surface area (TPSA) is 83.8 Å². The molecule has 146 valence electrons. The summed E-state index contributed by atoms with van der Waals surface area (Å²) in [5, 5.41) is 11.6. The van der Waals surface area contributed by atoms with Gasteiger partial charge >= 0.3 is 5.69 Å². The fourth-order valence-corrected chi connectivity index (χ4v) is 5.17. The number of nitro groups is 1. The van der Waals surface area contributed by atoms with Crippen LogP contribution in [0, 0.1) is 10.1 Å². The van der Waals surface area contributed by atoms with Gasteiger partial charge < -0.3 is 4.90 Å². The summed E-state index contributed by atoms with van der Waals surface area (Å²) >= 11 is 1.82. The molecule has 1 aliphatic rings. The van der Waals surface area contributed by atoms with Crippen molar-refractivity contribution in [3.8, 4) is 0 Å². The predicted molar refractivity (Wildman–Crippen MR) is 107 cm³/mol. The Hall–Kier alpha value is -1.97. The van der Waals surface area contributed by atoms with E-state index >= 15 is 0 Å². The molecular formula is C18H23N3O4S2. The van der Waals surface area contributed by atoms with Gasteiger partial charge in [0.25, 0.3) is 0 Å². The SMILES string of the molecule is CCc1ccc(CN2CCN(c3cccc(S(C)(=O)=O)c3[N+](=O)[O-])CC2)s1. The monoisotopic (exact) mass is 409 g/mol. The Balaban J connectivity index is 1.75. The van der Waals surface area contributed by atoms with Crippen molar-refractivity contribution in [3.05, 3.63) is 50.2 Å². The van der Waals surface area contributed by atoms with E-state index in [1.165, 1.54) is 15.8 Å². The lowest BCUT2D eigenvalue weighted by Gasteiger charge is -2.35. The first-order chi connectivity index (χ1) is 12.8. The summed E-state index contributed by atoms with van der Waals surface area (Å²) in [4.78, 5) is 17.7. The minimum Gasteiger partial charge on any atom is -0.363 e. The van der Waals surface area contributed by atoms with E-state index in [1.54, 1.807) is 12.1 Å². The second kappa shape index (κ2) is 7.95. The van der Waals surface area contributed by atoms with Gasteiger partial charge in [-0.05, 0) is 30.7 Å². The van der Waals surface area contributed by atoms with Crippen LogP contribution in [0.1, 0.15) is 16.7 Å². The van der Waals surface area contributed by atoms with Crippen molar-refractivity contribution in [3.63, 3.8) is 0 Å². The largest absolute Gasteiger partial charge is 0.363 e. The number of anilines is 1. The van der Waals surface area contributed by atoms with Gasteiger partial charge in [0.15, 0.2) is 9.84 Å². The number of aryl methyl sites for hydroxylation is 1. The molecule has 0 saturated carbocycles. The van der Waals surface area contributed by atoms with E-state index in [2.05, 4.69) is 24.0 Å². The van der Waals surface area contributed by atoms with Crippen LogP contribution in [-0.4, -0.2) is 50.7 Å². The zero-order valence-electron chi connectivity index (χ0n) is 15.4. The van der Waals surface area contributed by atoms with Crippen molar-refractivity contribution in [2.24, 2.45) is 0 Å². The zero-order valence-corrected chi connectivity index (χ0v) is 17.1. The fraction of sp³-hybridized carbons (Fsp3) is 0.444. The molecule has 0 unspecified atom stereocenters. The summed E-state index contributed by atoms with van der Waals surface area (Å²) in [6.45, 7) is 5.83. The van der Waals surface area contributed by atoms with E-state index in [0.29, 0.717) is 18.8 Å². The predicted octanol–water partition coefficient (Wildman–Crippen LogP) is 2.94. The van der Waals surface area contributed by atoms with Crippen molar-refractivity contribution in [2.75, 3.05) is 37.3 Å². The summed E-state index contributed by atoms with van der Waals surface area (Å²) in [7, 11) is -3.67. The quantitative estimate of drug-likeness (QED) is 0.539. The average molecular weight is 410 g/mol. The lowest BCUT2D eigenvalue weighted by molar-refractivity contribution is -0.387. The van der Waals surface area contributed by atoms with Gasteiger partial charge in [-0.15, -0.1) is 11.3 Å². The summed E-state index contributed by atoms with van der Waals surface area (Å²) in [5.74, 6) is 0. The third-order valence-corrected chi connectivity index (χ3v) is 7.06. The van der Waals surface area contributed by atoms with Gasteiger partial charge in [0, 0.05) is 48.7 Å². The average Bonchev–Trinajstić information content (AvgIpc) is 3.08. The molecule has 1 fully saturated rings. The van der Waals surface area contributed by atoms with Crippen LogP contribution < -0.4 is 4.90 Å². The lowest BCUT2D eigenvalue weighted by Crippen LogP contribution is -2.46. The number of thiophene rings is 1. The number of rotatable bonds is 6. The number of hydrogen-bond donors (Lipinski definition) is 0. The first-order valence-corrected chi connectivity index (χ1v) is 11.5. The van der Waals surface area contributed by atoms with Crippen LogP contribution in [0.15, 0.2) is 35.2 Å². The standard InChI is InChI=1S/C18H23N3O4S2/c1-3-14-7-8-15(26-14)13-19-9-11-20(12-10-19)16-5-4-6-17(27(2,24)25)18(16)21(22)23/h4-8H,3,9-13H2,1-2H3. The Labute approximate surface area is 163 Å². The molecular weight excluding hydrogens is 386 g/mol. The maximum Gasteiger partial charge on any atom is 0.311 e. The van der Waals surface area contributed by atoms with Crippen LogP contribution >= 0.6 is 11.3 Å². The summed E-state index contributed by atoms with van der Waals surface area (Å²) in [6, 6.07) is 8.83. The van der Waals surface area contributed by atoms with Gasteiger partial charge in [-0.3, -0.25) is 15.0 Å². The number of nitrogens with zero attached hydrogens (tertiary/aromatic N) is 3. The molecule has 3 rings (SSSR count). The van der Waals surface area contributed by atoms with E-state index in [9.17, 15) is 18.5 Å². The van der Waals surface area contributed by atoms with Crippen LogP contribution in [0.2, 0.25) is 0 Å². The molecule has 1 aliphatic heterocycles. The summed E-state index contributed by atoms with van der Waals surface area (Å²) in [5.41, 5.74) is 0.0614. The second-order valence-corrected chi connectivity index (χ2v) is 9.87. The van der Waals surface area contributed by atoms with Crippen molar-refractivity contribution in [1.82, 2.24) is 4.90 Å². The summed E-state index contributed by atoms with van der Waals surface area (Å²) < 4.78 is 23.9. The van der Waals surface area contributed by atoms with Crippen LogP contribution in [0.5, 0.6) is 0 Å². The number of benzene rings is 1. The zero-order chi connectivity index (χ0) is 19.6. The first kappa shape index (κ1) is 19.8. The molecule has 27 heavy (non-hydrogen) atoms. The molecule has 9 heteroatoms. The van der Waals surface area contributed by atoms with Gasteiger partial charge in [0.05, 0.1) is 4.92 Å². The normalized spacial score (nSPS) is 15.9. The Morgan fingerprint density at radius 1 is 1.11 bits per heavy atom. The highest BCUT2D eigenvalue weighted by Crippen LogP contribution is 2.35. The van der Waals surface area contributed by atoms with Gasteiger partial charge in [-0.1, -0.05) is 13.0 Å². The Morgan fingerprint density at radius 3 is 2.33 bits per heavy atom. The van der Waals surface area contributed by atoms with Crippen molar-refractivity contribution >= 4 is 32.5 Å². The minimum absolute atomic E-state index is 0.224. The molecule has 0 spiro atoms. The van der Waals surface area contributed by atoms with Gasteiger partial charge in [-0.2, -0.15) is 0 Å². The molecule has 0 radical (unpaired) electrons. The summed E-state index contributed by atoms with van der Waals surface area (Å²) in [6.07, 6.45) is 2.04. The molecule has 7 nitrogen and oxygen atoms in total. The van der Waals surface area contributed by atoms with Gasteiger partial charge in [0.2, 0.25) is 0 Å². The molecule has 0 aliphatic carbocycles. The third kappa shape index (κ3) is 4.48. The molecule has 0 amide bonds. The van der Waals surface area contributed by atoms with Gasteiger partial charge in [-0.25, -0.2) is 8.42 Å². The van der Waals surface area contributed by atoms with E-state index in [1.807, 2.05) is 16.2 Å². The Kier molecular flexibility index (Phi) is 5.83. The molecule has 0 bridgehead atoms. The van der Waals surface area contributed by atoms with Crippen molar-refractivity contribution in [2.45, 2.75) is 24.8 Å². The number of hydrogen-bond acceptors (Lipinski definition) is 7. The number of para-hydroxylation sites is 1. The van der Waals surface area contributed by atoms with Crippen LogP contribution in [-0.2, 0) is 22.8 Å². The highest BCUT2D eigenvalue weighted by molar-refractivity contribution is 7.90. The maximum absolute atomic E-state index is 11.9. The highest BCUT2D eigenvalue weighted by atomic mass is 32.2. The maximum atomic E-state index is 11.9. The second-order valence-electron chi connectivity index (χ2n) is 6.64. The molecule has 1 saturated heterocycles.